The first-order chi connectivity index (χ1) is 10.1. The fourth-order valence-corrected chi connectivity index (χ4v) is 1.72. The predicted octanol–water partition coefficient (Wildman–Crippen LogP) is 1.06. The van der Waals surface area contributed by atoms with Crippen molar-refractivity contribution < 1.29 is 14.6 Å². The van der Waals surface area contributed by atoms with Gasteiger partial charge in [0.05, 0.1) is 19.0 Å². The maximum Gasteiger partial charge on any atom is 0.261 e. The highest BCUT2D eigenvalue weighted by Gasteiger charge is 2.05. The van der Waals surface area contributed by atoms with Gasteiger partial charge in [0.25, 0.3) is 5.91 Å². The molecule has 1 aromatic heterocycles. The summed E-state index contributed by atoms with van der Waals surface area (Å²) in [5, 5.41) is 17.7. The van der Waals surface area contributed by atoms with E-state index in [2.05, 4.69) is 15.6 Å². The summed E-state index contributed by atoms with van der Waals surface area (Å²) >= 11 is 0. The van der Waals surface area contributed by atoms with Crippen LogP contribution in [0.15, 0.2) is 35.6 Å². The molecule has 0 saturated carbocycles. The van der Waals surface area contributed by atoms with Crippen molar-refractivity contribution in [3.8, 4) is 11.5 Å². The van der Waals surface area contributed by atoms with Crippen LogP contribution in [0.2, 0.25) is 0 Å². The first-order valence-electron chi connectivity index (χ1n) is 6.28. The van der Waals surface area contributed by atoms with Gasteiger partial charge in [0.15, 0.2) is 11.5 Å². The molecule has 21 heavy (non-hydrogen) atoms. The third kappa shape index (κ3) is 3.82. The number of phenols is 1. The number of nitrogens with zero attached hydrogens (tertiary/aromatic N) is 3. The molecule has 2 N–H and O–H groups in total. The third-order valence-corrected chi connectivity index (χ3v) is 2.72. The van der Waals surface area contributed by atoms with Crippen LogP contribution in [-0.4, -0.2) is 34.1 Å². The molecule has 0 aliphatic rings. The minimum absolute atomic E-state index is 0.0271. The van der Waals surface area contributed by atoms with E-state index in [0.717, 1.165) is 5.69 Å². The Morgan fingerprint density at radius 2 is 2.33 bits per heavy atom. The van der Waals surface area contributed by atoms with Crippen molar-refractivity contribution >= 4 is 12.1 Å². The zero-order valence-electron chi connectivity index (χ0n) is 11.8. The molecule has 1 amide bonds. The Morgan fingerprint density at radius 3 is 3.00 bits per heavy atom. The number of hydrogen-bond donors (Lipinski definition) is 2. The van der Waals surface area contributed by atoms with Gasteiger partial charge in [-0.2, -0.15) is 10.2 Å². The van der Waals surface area contributed by atoms with Crippen molar-refractivity contribution in [3.63, 3.8) is 0 Å². The lowest BCUT2D eigenvalue weighted by Crippen LogP contribution is -2.23. The molecule has 0 unspecified atom stereocenters. The minimum atomic E-state index is -0.309. The van der Waals surface area contributed by atoms with Crippen LogP contribution in [0.4, 0.5) is 0 Å². The lowest BCUT2D eigenvalue weighted by Gasteiger charge is -2.05. The number of benzene rings is 1. The quantitative estimate of drug-likeness (QED) is 0.636. The number of aromatic hydroxyl groups is 1. The summed E-state index contributed by atoms with van der Waals surface area (Å²) in [5.41, 5.74) is 3.66. The minimum Gasteiger partial charge on any atom is -0.504 e. The molecule has 1 aromatic carbocycles. The van der Waals surface area contributed by atoms with Crippen molar-refractivity contribution in [2.45, 2.75) is 13.5 Å². The average Bonchev–Trinajstić information content (AvgIpc) is 2.86. The molecule has 7 nitrogen and oxygen atoms in total. The number of para-hydroxylation sites is 1. The number of carbonyl (C=O) groups is 1. The maximum absolute atomic E-state index is 11.6. The highest BCUT2D eigenvalue weighted by atomic mass is 16.5. The molecule has 110 valence electrons. The molecule has 2 aromatic rings. The first-order valence-corrected chi connectivity index (χ1v) is 6.28. The van der Waals surface area contributed by atoms with Gasteiger partial charge in [-0.15, -0.1) is 0 Å². The molecule has 1 heterocycles. The maximum atomic E-state index is 11.6. The lowest BCUT2D eigenvalue weighted by atomic mass is 10.2. The predicted molar refractivity (Wildman–Crippen MR) is 77.4 cm³/mol. The van der Waals surface area contributed by atoms with Crippen LogP contribution < -0.4 is 10.2 Å². The van der Waals surface area contributed by atoms with Crippen LogP contribution in [0.25, 0.3) is 0 Å². The van der Waals surface area contributed by atoms with E-state index in [1.165, 1.54) is 18.0 Å². The van der Waals surface area contributed by atoms with E-state index in [1.807, 2.05) is 13.0 Å². The van der Waals surface area contributed by atoms with Gasteiger partial charge < -0.3 is 9.84 Å². The molecule has 0 aliphatic heterocycles. The van der Waals surface area contributed by atoms with Gasteiger partial charge in [-0.3, -0.25) is 9.48 Å². The van der Waals surface area contributed by atoms with Gasteiger partial charge in [-0.1, -0.05) is 6.07 Å². The summed E-state index contributed by atoms with van der Waals surface area (Å²) < 4.78 is 6.50. The normalized spacial score (nSPS) is 10.8. The van der Waals surface area contributed by atoms with Crippen LogP contribution in [0.5, 0.6) is 11.5 Å². The van der Waals surface area contributed by atoms with E-state index in [0.29, 0.717) is 11.3 Å². The molecular formula is C14H16N4O3. The number of carbonyl (C=O) groups excluding carboxylic acids is 1. The van der Waals surface area contributed by atoms with Crippen molar-refractivity contribution in [2.24, 2.45) is 5.10 Å². The largest absolute Gasteiger partial charge is 0.504 e. The molecule has 0 saturated heterocycles. The van der Waals surface area contributed by atoms with Crippen molar-refractivity contribution in [3.05, 3.63) is 41.7 Å². The Kier molecular flexibility index (Phi) is 4.55. The van der Waals surface area contributed by atoms with Crippen LogP contribution in [-0.2, 0) is 11.3 Å². The van der Waals surface area contributed by atoms with Crippen molar-refractivity contribution in [1.29, 1.82) is 0 Å². The molecule has 0 spiro atoms. The highest BCUT2D eigenvalue weighted by Crippen LogP contribution is 2.27. The summed E-state index contributed by atoms with van der Waals surface area (Å²) in [5.74, 6) is 0.00901. The summed E-state index contributed by atoms with van der Waals surface area (Å²) in [6.45, 7) is 1.92. The Morgan fingerprint density at radius 1 is 1.52 bits per heavy atom. The highest BCUT2D eigenvalue weighted by molar-refractivity contribution is 5.86. The van der Waals surface area contributed by atoms with Crippen LogP contribution >= 0.6 is 0 Å². The summed E-state index contributed by atoms with van der Waals surface area (Å²) in [6.07, 6.45) is 3.07. The Hall–Kier alpha value is -2.83. The number of amides is 1. The second-order valence-electron chi connectivity index (χ2n) is 4.35. The molecule has 0 atom stereocenters. The van der Waals surface area contributed by atoms with E-state index in [4.69, 9.17) is 4.74 Å². The lowest BCUT2D eigenvalue weighted by molar-refractivity contribution is -0.121. The fraction of sp³-hybridized carbons (Fsp3) is 0.214. The van der Waals surface area contributed by atoms with E-state index < -0.39 is 0 Å². The fourth-order valence-electron chi connectivity index (χ4n) is 1.72. The molecule has 0 aliphatic carbocycles. The Balaban J connectivity index is 1.94. The smallest absolute Gasteiger partial charge is 0.261 e. The molecule has 2 rings (SSSR count). The first kappa shape index (κ1) is 14.6. The van der Waals surface area contributed by atoms with Gasteiger partial charge in [0.2, 0.25) is 0 Å². The zero-order valence-corrected chi connectivity index (χ0v) is 11.8. The van der Waals surface area contributed by atoms with Crippen molar-refractivity contribution in [1.82, 2.24) is 15.2 Å². The van der Waals surface area contributed by atoms with Gasteiger partial charge >= 0.3 is 0 Å². The Labute approximate surface area is 121 Å². The van der Waals surface area contributed by atoms with Crippen LogP contribution in [0.1, 0.15) is 11.3 Å². The summed E-state index contributed by atoms with van der Waals surface area (Å²) in [7, 11) is 1.46. The SMILES string of the molecule is COc1cccc(/C=N/NC(=O)Cn2ccc(C)n2)c1O. The Bertz CT molecular complexity index is 664. The number of hydrazone groups is 1. The average molecular weight is 288 g/mol. The van der Waals surface area contributed by atoms with E-state index in [9.17, 15) is 9.90 Å². The van der Waals surface area contributed by atoms with E-state index in [1.54, 1.807) is 24.4 Å². The third-order valence-electron chi connectivity index (χ3n) is 2.72. The number of aromatic nitrogens is 2. The molecule has 0 radical (unpaired) electrons. The van der Waals surface area contributed by atoms with Crippen molar-refractivity contribution in [2.75, 3.05) is 7.11 Å². The monoisotopic (exact) mass is 288 g/mol. The zero-order chi connectivity index (χ0) is 15.2. The molecule has 7 heteroatoms. The second-order valence-corrected chi connectivity index (χ2v) is 4.35. The molecule has 0 fully saturated rings. The summed E-state index contributed by atoms with van der Waals surface area (Å²) in [4.78, 5) is 11.6. The number of nitrogens with one attached hydrogen (secondary N) is 1. The number of methoxy groups -OCH3 is 1. The number of ether oxygens (including phenoxy) is 1. The van der Waals surface area contributed by atoms with Crippen LogP contribution in [0, 0.1) is 6.92 Å². The van der Waals surface area contributed by atoms with Crippen LogP contribution in [0.3, 0.4) is 0 Å². The number of phenolic OH excluding ortho intramolecular Hbond substituents is 1. The van der Waals surface area contributed by atoms with Gasteiger partial charge in [0.1, 0.15) is 6.54 Å². The topological polar surface area (TPSA) is 88.7 Å². The van der Waals surface area contributed by atoms with Gasteiger partial charge in [0, 0.05) is 11.8 Å². The number of hydrogen-bond acceptors (Lipinski definition) is 5. The van der Waals surface area contributed by atoms with Gasteiger partial charge in [-0.05, 0) is 25.1 Å². The molecule has 0 bridgehead atoms. The van der Waals surface area contributed by atoms with E-state index >= 15 is 0 Å². The number of aryl methyl sites for hydroxylation is 1. The number of rotatable bonds is 5. The standard InChI is InChI=1S/C14H16N4O3/c1-10-6-7-18(17-10)9-13(19)16-15-8-11-4-3-5-12(21-2)14(11)20/h3-8,20H,9H2,1-2H3,(H,16,19)/b15-8+. The van der Waals surface area contributed by atoms with E-state index in [-0.39, 0.29) is 18.2 Å². The second kappa shape index (κ2) is 6.56. The van der Waals surface area contributed by atoms with Gasteiger partial charge in [-0.25, -0.2) is 5.43 Å². The molecular weight excluding hydrogens is 272 g/mol. The summed E-state index contributed by atoms with van der Waals surface area (Å²) in [6, 6.07) is 6.81.